The lowest BCUT2D eigenvalue weighted by molar-refractivity contribution is -0.0277. The average Bonchev–Trinajstić information content (AvgIpc) is 2.45. The second kappa shape index (κ2) is 8.02. The fourth-order valence-corrected chi connectivity index (χ4v) is 3.30. The highest BCUT2D eigenvalue weighted by molar-refractivity contribution is 5.85. The highest BCUT2D eigenvalue weighted by atomic mass is 35.5. The lowest BCUT2D eigenvalue weighted by Gasteiger charge is -2.40. The van der Waals surface area contributed by atoms with Gasteiger partial charge in [-0.2, -0.15) is 0 Å². The van der Waals surface area contributed by atoms with Crippen LogP contribution in [0.15, 0.2) is 24.3 Å². The predicted molar refractivity (Wildman–Crippen MR) is 89.6 cm³/mol. The molecule has 120 valence electrons. The van der Waals surface area contributed by atoms with Crippen LogP contribution < -0.4 is 4.74 Å². The van der Waals surface area contributed by atoms with Gasteiger partial charge in [-0.25, -0.2) is 0 Å². The second-order valence-corrected chi connectivity index (χ2v) is 6.25. The molecule has 1 aromatic carbocycles. The molecule has 0 aliphatic heterocycles. The van der Waals surface area contributed by atoms with Crippen LogP contribution in [0.5, 0.6) is 5.75 Å². The Morgan fingerprint density at radius 2 is 1.71 bits per heavy atom. The molecule has 1 atom stereocenters. The van der Waals surface area contributed by atoms with Crippen LogP contribution in [0.1, 0.15) is 43.6 Å². The number of methoxy groups -OCH3 is 1. The van der Waals surface area contributed by atoms with Crippen LogP contribution in [0.3, 0.4) is 0 Å². The van der Waals surface area contributed by atoms with E-state index in [1.54, 1.807) is 7.11 Å². The van der Waals surface area contributed by atoms with Crippen molar-refractivity contribution >= 4 is 12.4 Å². The molecule has 1 aliphatic carbocycles. The Hall–Kier alpha value is -0.770. The molecule has 0 radical (unpaired) electrons. The molecule has 1 aliphatic rings. The molecular formula is C17H28ClNO2. The zero-order valence-corrected chi connectivity index (χ0v) is 14.2. The predicted octanol–water partition coefficient (Wildman–Crippen LogP) is 3.46. The Balaban J connectivity index is 0.00000220. The molecule has 0 amide bonds. The number of ether oxygens (including phenoxy) is 1. The van der Waals surface area contributed by atoms with Crippen molar-refractivity contribution in [3.8, 4) is 5.75 Å². The van der Waals surface area contributed by atoms with Crippen molar-refractivity contribution in [2.24, 2.45) is 0 Å². The monoisotopic (exact) mass is 313 g/mol. The van der Waals surface area contributed by atoms with Gasteiger partial charge < -0.3 is 14.7 Å². The third kappa shape index (κ3) is 4.60. The number of hydrogen-bond donors (Lipinski definition) is 1. The van der Waals surface area contributed by atoms with Gasteiger partial charge in [0, 0.05) is 12.5 Å². The van der Waals surface area contributed by atoms with Crippen LogP contribution in [0, 0.1) is 0 Å². The summed E-state index contributed by atoms with van der Waals surface area (Å²) in [4.78, 5) is 2.17. The van der Waals surface area contributed by atoms with Crippen molar-refractivity contribution in [2.45, 2.75) is 43.6 Å². The largest absolute Gasteiger partial charge is 0.497 e. The Kier molecular flexibility index (Phi) is 6.98. The first-order chi connectivity index (χ1) is 9.55. The maximum atomic E-state index is 11.1. The molecule has 0 aromatic heterocycles. The number of benzene rings is 1. The van der Waals surface area contributed by atoms with Gasteiger partial charge in [0.05, 0.1) is 12.7 Å². The molecule has 0 unspecified atom stereocenters. The van der Waals surface area contributed by atoms with Crippen molar-refractivity contribution < 1.29 is 9.84 Å². The van der Waals surface area contributed by atoms with E-state index in [1.807, 2.05) is 12.1 Å². The zero-order chi connectivity index (χ0) is 14.6. The number of likely N-dealkylation sites (N-methyl/N-ethyl adjacent to an activating group) is 1. The number of aliphatic hydroxyl groups is 1. The summed E-state index contributed by atoms with van der Waals surface area (Å²) in [5.74, 6) is 1.04. The molecular weight excluding hydrogens is 286 g/mol. The van der Waals surface area contributed by atoms with Crippen molar-refractivity contribution in [3.05, 3.63) is 29.8 Å². The molecule has 0 bridgehead atoms. The van der Waals surface area contributed by atoms with Gasteiger partial charge in [0.1, 0.15) is 5.75 Å². The summed E-state index contributed by atoms with van der Waals surface area (Å²) in [5.41, 5.74) is 0.654. The van der Waals surface area contributed by atoms with E-state index in [2.05, 4.69) is 31.1 Å². The van der Waals surface area contributed by atoms with E-state index in [0.29, 0.717) is 0 Å². The summed E-state index contributed by atoms with van der Waals surface area (Å²) >= 11 is 0. The van der Waals surface area contributed by atoms with Gasteiger partial charge in [-0.15, -0.1) is 12.4 Å². The molecule has 2 rings (SSSR count). The van der Waals surface area contributed by atoms with Crippen LogP contribution in [0.25, 0.3) is 0 Å². The normalized spacial score (nSPS) is 18.9. The van der Waals surface area contributed by atoms with Gasteiger partial charge in [-0.05, 0) is 44.6 Å². The van der Waals surface area contributed by atoms with E-state index in [4.69, 9.17) is 4.74 Å². The van der Waals surface area contributed by atoms with Crippen LogP contribution in [0.4, 0.5) is 0 Å². The third-order valence-electron chi connectivity index (χ3n) is 4.43. The quantitative estimate of drug-likeness (QED) is 0.903. The average molecular weight is 314 g/mol. The van der Waals surface area contributed by atoms with Crippen LogP contribution in [-0.2, 0) is 0 Å². The van der Waals surface area contributed by atoms with Crippen LogP contribution in [0.2, 0.25) is 0 Å². The smallest absolute Gasteiger partial charge is 0.118 e. The zero-order valence-electron chi connectivity index (χ0n) is 13.3. The second-order valence-electron chi connectivity index (χ2n) is 6.25. The molecule has 1 N–H and O–H groups in total. The number of hydrogen-bond acceptors (Lipinski definition) is 3. The molecule has 21 heavy (non-hydrogen) atoms. The van der Waals surface area contributed by atoms with E-state index in [9.17, 15) is 5.11 Å². The number of nitrogens with zero attached hydrogens (tertiary/aromatic N) is 1. The minimum atomic E-state index is -0.558. The Morgan fingerprint density at radius 3 is 2.19 bits per heavy atom. The van der Waals surface area contributed by atoms with Crippen molar-refractivity contribution in [3.63, 3.8) is 0 Å². The van der Waals surface area contributed by atoms with Gasteiger partial charge in [-0.1, -0.05) is 31.4 Å². The van der Waals surface area contributed by atoms with E-state index < -0.39 is 5.60 Å². The van der Waals surface area contributed by atoms with Crippen molar-refractivity contribution in [2.75, 3.05) is 27.7 Å². The van der Waals surface area contributed by atoms with Crippen LogP contribution >= 0.6 is 12.4 Å². The summed E-state index contributed by atoms with van der Waals surface area (Å²) in [6, 6.07) is 8.17. The lowest BCUT2D eigenvalue weighted by atomic mass is 9.72. The summed E-state index contributed by atoms with van der Waals surface area (Å²) in [7, 11) is 5.83. The summed E-state index contributed by atoms with van der Waals surface area (Å²) in [6.07, 6.45) is 5.35. The molecule has 0 heterocycles. The van der Waals surface area contributed by atoms with Gasteiger partial charge in [-0.3, -0.25) is 0 Å². The first kappa shape index (κ1) is 18.3. The SMILES string of the molecule is COc1ccc([C@@H](CN(C)C)C2(O)CCCCC2)cc1.Cl. The molecule has 4 heteroatoms. The Morgan fingerprint density at radius 1 is 1.14 bits per heavy atom. The highest BCUT2D eigenvalue weighted by Gasteiger charge is 2.38. The van der Waals surface area contributed by atoms with Gasteiger partial charge >= 0.3 is 0 Å². The minimum Gasteiger partial charge on any atom is -0.497 e. The van der Waals surface area contributed by atoms with E-state index in [-0.39, 0.29) is 18.3 Å². The molecule has 1 fully saturated rings. The van der Waals surface area contributed by atoms with Crippen molar-refractivity contribution in [1.29, 1.82) is 0 Å². The topological polar surface area (TPSA) is 32.7 Å². The first-order valence-electron chi connectivity index (χ1n) is 7.56. The summed E-state index contributed by atoms with van der Waals surface area (Å²) < 4.78 is 5.23. The summed E-state index contributed by atoms with van der Waals surface area (Å²) in [6.45, 7) is 0.878. The molecule has 3 nitrogen and oxygen atoms in total. The van der Waals surface area contributed by atoms with E-state index in [0.717, 1.165) is 38.0 Å². The maximum Gasteiger partial charge on any atom is 0.118 e. The molecule has 0 spiro atoms. The maximum absolute atomic E-state index is 11.1. The third-order valence-corrected chi connectivity index (χ3v) is 4.43. The van der Waals surface area contributed by atoms with Crippen molar-refractivity contribution in [1.82, 2.24) is 4.90 Å². The first-order valence-corrected chi connectivity index (χ1v) is 7.56. The fraction of sp³-hybridized carbons (Fsp3) is 0.647. The van der Waals surface area contributed by atoms with Gasteiger partial charge in [0.25, 0.3) is 0 Å². The summed E-state index contributed by atoms with van der Waals surface area (Å²) in [5, 5.41) is 11.1. The molecule has 0 saturated heterocycles. The van der Waals surface area contributed by atoms with Crippen LogP contribution in [-0.4, -0.2) is 43.4 Å². The van der Waals surface area contributed by atoms with Gasteiger partial charge in [0.15, 0.2) is 0 Å². The minimum absolute atomic E-state index is 0. The van der Waals surface area contributed by atoms with Gasteiger partial charge in [0.2, 0.25) is 0 Å². The Bertz CT molecular complexity index is 413. The van der Waals surface area contributed by atoms with E-state index in [1.165, 1.54) is 12.0 Å². The van der Waals surface area contributed by atoms with E-state index >= 15 is 0 Å². The lowest BCUT2D eigenvalue weighted by Crippen LogP contribution is -2.42. The molecule has 1 saturated carbocycles. The standard InChI is InChI=1S/C17H27NO2.ClH/c1-18(2)13-16(17(19)11-5-4-6-12-17)14-7-9-15(20-3)10-8-14;/h7-10,16,19H,4-6,11-13H2,1-3H3;1H/t16-;/m1./s1. The molecule has 1 aromatic rings. The number of halogens is 1. The fourth-order valence-electron chi connectivity index (χ4n) is 3.30. The highest BCUT2D eigenvalue weighted by Crippen LogP contribution is 2.40. The Labute approximate surface area is 134 Å². The number of rotatable bonds is 5.